The Balaban J connectivity index is 0. The molecule has 182 valence electrons. The maximum Gasteiger partial charge on any atom is 0.220 e. The van der Waals surface area contributed by atoms with Gasteiger partial charge in [0.2, 0.25) is 5.91 Å². The Morgan fingerprint density at radius 2 is 1.00 bits per heavy atom. The summed E-state index contributed by atoms with van der Waals surface area (Å²) in [6.07, 6.45) is 21.1. The largest absolute Gasteiger partial charge is 0.355 e. The predicted molar refractivity (Wildman–Crippen MR) is 135 cm³/mol. The number of halogens is 1. The summed E-state index contributed by atoms with van der Waals surface area (Å²) in [5, 5.41) is 9.53. The molecule has 5 nitrogen and oxygen atoms in total. The fourth-order valence-corrected chi connectivity index (χ4v) is 3.56. The zero-order valence-corrected chi connectivity index (χ0v) is 20.8. The smallest absolute Gasteiger partial charge is 0.220 e. The highest BCUT2D eigenvalue weighted by atomic mass is 35.5. The number of unbranched alkanes of at least 4 members (excludes halogenated alkanes) is 14. The SMILES string of the molecule is CCCCCCCCCCCCCCCCCC(=O)NCCNCCNCCN.Cl. The number of nitrogens with two attached hydrogens (primary N) is 1. The van der Waals surface area contributed by atoms with Gasteiger partial charge in [0.25, 0.3) is 0 Å². The summed E-state index contributed by atoms with van der Waals surface area (Å²) >= 11 is 0. The van der Waals surface area contributed by atoms with Gasteiger partial charge in [0.15, 0.2) is 0 Å². The predicted octanol–water partition coefficient (Wildman–Crippen LogP) is 4.92. The molecule has 0 aliphatic heterocycles. The van der Waals surface area contributed by atoms with Crippen LogP contribution in [0.4, 0.5) is 0 Å². The number of hydrogen-bond donors (Lipinski definition) is 4. The highest BCUT2D eigenvalue weighted by Crippen LogP contribution is 2.13. The lowest BCUT2D eigenvalue weighted by molar-refractivity contribution is -0.121. The minimum Gasteiger partial charge on any atom is -0.355 e. The molecular weight excluding hydrogens is 396 g/mol. The van der Waals surface area contributed by atoms with E-state index in [2.05, 4.69) is 22.9 Å². The van der Waals surface area contributed by atoms with Gasteiger partial charge in [-0.3, -0.25) is 4.79 Å². The first-order valence-electron chi connectivity index (χ1n) is 12.7. The third-order valence-electron chi connectivity index (χ3n) is 5.43. The Morgan fingerprint density at radius 1 is 0.600 bits per heavy atom. The second-order valence-electron chi connectivity index (χ2n) is 8.34. The maximum atomic E-state index is 11.8. The van der Waals surface area contributed by atoms with Crippen molar-refractivity contribution in [2.45, 2.75) is 110 Å². The van der Waals surface area contributed by atoms with Crippen molar-refractivity contribution in [1.82, 2.24) is 16.0 Å². The first-order chi connectivity index (χ1) is 14.3. The van der Waals surface area contributed by atoms with Gasteiger partial charge < -0.3 is 21.7 Å². The first-order valence-corrected chi connectivity index (χ1v) is 12.7. The first kappa shape index (κ1) is 31.8. The number of carbonyl (C=O) groups is 1. The van der Waals surface area contributed by atoms with Crippen molar-refractivity contribution in [3.8, 4) is 0 Å². The van der Waals surface area contributed by atoms with E-state index in [-0.39, 0.29) is 18.3 Å². The standard InChI is InChI=1S/C24H52N4O.ClH/c1-2-3-4-5-6-7-8-9-10-11-12-13-14-15-16-17-24(29)28-23-22-27-21-20-26-19-18-25;/h26-27H,2-23,25H2,1H3,(H,28,29);1H. The van der Waals surface area contributed by atoms with Crippen LogP contribution in [0.25, 0.3) is 0 Å². The molecule has 0 aromatic rings. The van der Waals surface area contributed by atoms with Crippen molar-refractivity contribution in [2.75, 3.05) is 39.3 Å². The van der Waals surface area contributed by atoms with Gasteiger partial charge in [0.05, 0.1) is 0 Å². The third-order valence-corrected chi connectivity index (χ3v) is 5.43. The molecule has 0 heterocycles. The average Bonchev–Trinajstić information content (AvgIpc) is 2.72. The number of nitrogens with one attached hydrogen (secondary N) is 3. The summed E-state index contributed by atoms with van der Waals surface area (Å²) in [5.41, 5.74) is 5.41. The fourth-order valence-electron chi connectivity index (χ4n) is 3.56. The van der Waals surface area contributed by atoms with E-state index in [9.17, 15) is 4.79 Å². The van der Waals surface area contributed by atoms with Gasteiger partial charge in [-0.25, -0.2) is 0 Å². The van der Waals surface area contributed by atoms with Crippen molar-refractivity contribution in [3.63, 3.8) is 0 Å². The monoisotopic (exact) mass is 448 g/mol. The molecule has 5 N–H and O–H groups in total. The van der Waals surface area contributed by atoms with E-state index >= 15 is 0 Å². The van der Waals surface area contributed by atoms with Gasteiger partial charge in [-0.1, -0.05) is 96.8 Å². The van der Waals surface area contributed by atoms with E-state index in [1.807, 2.05) is 0 Å². The molecule has 0 aliphatic rings. The van der Waals surface area contributed by atoms with Crippen molar-refractivity contribution in [3.05, 3.63) is 0 Å². The zero-order chi connectivity index (χ0) is 21.3. The van der Waals surface area contributed by atoms with Crippen LogP contribution in [0, 0.1) is 0 Å². The summed E-state index contributed by atoms with van der Waals surface area (Å²) in [7, 11) is 0. The summed E-state index contributed by atoms with van der Waals surface area (Å²) < 4.78 is 0. The van der Waals surface area contributed by atoms with Gasteiger partial charge in [-0.15, -0.1) is 12.4 Å². The Bertz CT molecular complexity index is 332. The van der Waals surface area contributed by atoms with E-state index in [0.29, 0.717) is 19.5 Å². The topological polar surface area (TPSA) is 79.2 Å². The highest BCUT2D eigenvalue weighted by Gasteiger charge is 2.00. The molecule has 0 aromatic heterocycles. The van der Waals surface area contributed by atoms with Crippen LogP contribution in [0.1, 0.15) is 110 Å². The summed E-state index contributed by atoms with van der Waals surface area (Å²) in [6, 6.07) is 0. The molecular formula is C24H53ClN4O. The van der Waals surface area contributed by atoms with Gasteiger partial charge in [-0.2, -0.15) is 0 Å². The molecule has 0 atom stereocenters. The molecule has 30 heavy (non-hydrogen) atoms. The van der Waals surface area contributed by atoms with Crippen LogP contribution in [-0.4, -0.2) is 45.2 Å². The number of amides is 1. The molecule has 1 amide bonds. The van der Waals surface area contributed by atoms with Crippen molar-refractivity contribution in [2.24, 2.45) is 5.73 Å². The normalized spacial score (nSPS) is 10.7. The minimum absolute atomic E-state index is 0. The molecule has 0 radical (unpaired) electrons. The molecule has 0 saturated carbocycles. The van der Waals surface area contributed by atoms with E-state index in [1.54, 1.807) is 0 Å². The van der Waals surface area contributed by atoms with E-state index < -0.39 is 0 Å². The lowest BCUT2D eigenvalue weighted by atomic mass is 10.0. The van der Waals surface area contributed by atoms with Crippen LogP contribution in [-0.2, 0) is 4.79 Å². The van der Waals surface area contributed by atoms with Crippen LogP contribution >= 0.6 is 12.4 Å². The molecule has 0 fully saturated rings. The van der Waals surface area contributed by atoms with Crippen LogP contribution in [0.5, 0.6) is 0 Å². The summed E-state index contributed by atoms with van der Waals surface area (Å²) in [5.74, 6) is 0.197. The molecule has 0 unspecified atom stereocenters. The third kappa shape index (κ3) is 27.6. The number of hydrogen-bond acceptors (Lipinski definition) is 4. The van der Waals surface area contributed by atoms with Crippen molar-refractivity contribution < 1.29 is 4.79 Å². The lowest BCUT2D eigenvalue weighted by Gasteiger charge is -2.07. The van der Waals surface area contributed by atoms with E-state index in [4.69, 9.17) is 5.73 Å². The van der Waals surface area contributed by atoms with Crippen LogP contribution < -0.4 is 21.7 Å². The van der Waals surface area contributed by atoms with Gasteiger partial charge in [-0.05, 0) is 6.42 Å². The van der Waals surface area contributed by atoms with Crippen molar-refractivity contribution in [1.29, 1.82) is 0 Å². The summed E-state index contributed by atoms with van der Waals surface area (Å²) in [6.45, 7) is 7.19. The Morgan fingerprint density at radius 3 is 1.47 bits per heavy atom. The Labute approximate surface area is 193 Å². The van der Waals surface area contributed by atoms with Gasteiger partial charge in [0, 0.05) is 45.7 Å². The zero-order valence-electron chi connectivity index (χ0n) is 20.0. The van der Waals surface area contributed by atoms with Crippen LogP contribution in [0.3, 0.4) is 0 Å². The fraction of sp³-hybridized carbons (Fsp3) is 0.958. The average molecular weight is 449 g/mol. The van der Waals surface area contributed by atoms with Crippen molar-refractivity contribution >= 4 is 18.3 Å². The molecule has 0 aliphatic carbocycles. The quantitative estimate of drug-likeness (QED) is 0.158. The van der Waals surface area contributed by atoms with E-state index in [0.717, 1.165) is 32.6 Å². The van der Waals surface area contributed by atoms with Gasteiger partial charge in [0.1, 0.15) is 0 Å². The second-order valence-corrected chi connectivity index (χ2v) is 8.34. The van der Waals surface area contributed by atoms with E-state index in [1.165, 1.54) is 89.9 Å². The molecule has 0 spiro atoms. The highest BCUT2D eigenvalue weighted by molar-refractivity contribution is 5.85. The summed E-state index contributed by atoms with van der Waals surface area (Å²) in [4.78, 5) is 11.8. The van der Waals surface area contributed by atoms with Crippen LogP contribution in [0.2, 0.25) is 0 Å². The molecule has 0 bridgehead atoms. The van der Waals surface area contributed by atoms with Crippen LogP contribution in [0.15, 0.2) is 0 Å². The Hall–Kier alpha value is -0.360. The second kappa shape index (κ2) is 28.6. The number of rotatable bonds is 24. The number of carbonyl (C=O) groups excluding carboxylic acids is 1. The molecule has 0 rings (SSSR count). The Kier molecular flexibility index (Phi) is 30.4. The molecule has 0 saturated heterocycles. The molecule has 0 aromatic carbocycles. The van der Waals surface area contributed by atoms with Gasteiger partial charge >= 0.3 is 0 Å². The lowest BCUT2D eigenvalue weighted by Crippen LogP contribution is -2.35. The maximum absolute atomic E-state index is 11.8. The molecule has 6 heteroatoms. The minimum atomic E-state index is 0.